The van der Waals surface area contributed by atoms with Crippen molar-refractivity contribution in [3.8, 4) is 11.5 Å². The number of rotatable bonds is 11. The molecule has 0 saturated carbocycles. The van der Waals surface area contributed by atoms with E-state index in [4.69, 9.17) is 9.47 Å². The van der Waals surface area contributed by atoms with Crippen LogP contribution in [-0.2, 0) is 10.0 Å². The topological polar surface area (TPSA) is 101 Å². The molecule has 0 aliphatic heterocycles. The number of methoxy groups -OCH3 is 1. The van der Waals surface area contributed by atoms with Gasteiger partial charge in [-0.3, -0.25) is 4.99 Å². The zero-order chi connectivity index (χ0) is 19.4. The van der Waals surface area contributed by atoms with Crippen LogP contribution in [0.1, 0.15) is 20.3 Å². The van der Waals surface area contributed by atoms with E-state index in [2.05, 4.69) is 20.3 Å². The lowest BCUT2D eigenvalue weighted by Crippen LogP contribution is -2.42. The molecule has 0 aliphatic carbocycles. The van der Waals surface area contributed by atoms with Gasteiger partial charge in [0.2, 0.25) is 10.0 Å². The van der Waals surface area contributed by atoms with Crippen LogP contribution in [0, 0.1) is 0 Å². The molecule has 0 heterocycles. The summed E-state index contributed by atoms with van der Waals surface area (Å²) in [6.45, 7) is 5.15. The van der Waals surface area contributed by atoms with Crippen LogP contribution in [-0.4, -0.2) is 60.0 Å². The molecular weight excluding hydrogens is 356 g/mol. The highest BCUT2D eigenvalue weighted by atomic mass is 32.2. The van der Waals surface area contributed by atoms with Crippen molar-refractivity contribution in [2.75, 3.05) is 39.5 Å². The molecule has 26 heavy (non-hydrogen) atoms. The smallest absolute Gasteiger partial charge is 0.211 e. The van der Waals surface area contributed by atoms with Gasteiger partial charge in [0.15, 0.2) is 5.96 Å². The molecule has 1 atom stereocenters. The molecule has 3 N–H and O–H groups in total. The summed E-state index contributed by atoms with van der Waals surface area (Å²) in [6, 6.07) is 7.45. The minimum absolute atomic E-state index is 0.0722. The second-order valence-electron chi connectivity index (χ2n) is 5.64. The Hall–Kier alpha value is -2.00. The number of nitrogens with zero attached hydrogens (tertiary/aromatic N) is 1. The fourth-order valence-electron chi connectivity index (χ4n) is 2.03. The first-order valence-electron chi connectivity index (χ1n) is 8.62. The third-order valence-electron chi connectivity index (χ3n) is 3.51. The SMILES string of the molecule is CCS(=O)(=O)NCCCNC(=NC)NCC(C)Oc1cccc(OC)c1. The van der Waals surface area contributed by atoms with E-state index in [1.807, 2.05) is 31.2 Å². The summed E-state index contributed by atoms with van der Waals surface area (Å²) in [4.78, 5) is 4.14. The van der Waals surface area contributed by atoms with Crippen molar-refractivity contribution in [1.82, 2.24) is 15.4 Å². The number of sulfonamides is 1. The number of aliphatic imine (C=N–C) groups is 1. The van der Waals surface area contributed by atoms with Crippen molar-refractivity contribution in [3.63, 3.8) is 0 Å². The van der Waals surface area contributed by atoms with Crippen molar-refractivity contribution in [1.29, 1.82) is 0 Å². The van der Waals surface area contributed by atoms with E-state index in [0.717, 1.165) is 11.5 Å². The standard InChI is InChI=1S/C17H30N4O4S/c1-5-26(22,23)21-11-7-10-19-17(18-3)20-13-14(2)25-16-9-6-8-15(12-16)24-4/h6,8-9,12,14,21H,5,7,10-11,13H2,1-4H3,(H2,18,19,20). The maximum atomic E-state index is 11.3. The molecular formula is C17H30N4O4S. The van der Waals surface area contributed by atoms with Gasteiger partial charge in [0, 0.05) is 26.2 Å². The van der Waals surface area contributed by atoms with Crippen LogP contribution in [0.4, 0.5) is 0 Å². The number of ether oxygens (including phenoxy) is 2. The second-order valence-corrected chi connectivity index (χ2v) is 7.73. The summed E-state index contributed by atoms with van der Waals surface area (Å²) in [5, 5.41) is 6.32. The van der Waals surface area contributed by atoms with Crippen LogP contribution in [0.25, 0.3) is 0 Å². The number of guanidine groups is 1. The number of nitrogens with one attached hydrogen (secondary N) is 3. The quantitative estimate of drug-likeness (QED) is 0.297. The Morgan fingerprint density at radius 1 is 1.23 bits per heavy atom. The van der Waals surface area contributed by atoms with Gasteiger partial charge in [0.1, 0.15) is 17.6 Å². The normalized spacial score (nSPS) is 13.2. The molecule has 0 saturated heterocycles. The lowest BCUT2D eigenvalue weighted by molar-refractivity contribution is 0.223. The fraction of sp³-hybridized carbons (Fsp3) is 0.588. The zero-order valence-corrected chi connectivity index (χ0v) is 16.7. The molecule has 0 radical (unpaired) electrons. The molecule has 1 aromatic carbocycles. The number of benzene rings is 1. The monoisotopic (exact) mass is 386 g/mol. The summed E-state index contributed by atoms with van der Waals surface area (Å²) in [5.74, 6) is 2.22. The molecule has 1 rings (SSSR count). The minimum atomic E-state index is -3.13. The second kappa shape index (κ2) is 11.6. The van der Waals surface area contributed by atoms with Gasteiger partial charge in [0.25, 0.3) is 0 Å². The van der Waals surface area contributed by atoms with Gasteiger partial charge in [-0.2, -0.15) is 0 Å². The predicted octanol–water partition coefficient (Wildman–Crippen LogP) is 0.957. The van der Waals surface area contributed by atoms with Crippen LogP contribution >= 0.6 is 0 Å². The predicted molar refractivity (Wildman–Crippen MR) is 105 cm³/mol. The maximum Gasteiger partial charge on any atom is 0.211 e. The Labute approximate surface area is 156 Å². The summed E-state index contributed by atoms with van der Waals surface area (Å²) in [5.41, 5.74) is 0. The zero-order valence-electron chi connectivity index (χ0n) is 15.9. The van der Waals surface area contributed by atoms with E-state index in [9.17, 15) is 8.42 Å². The lowest BCUT2D eigenvalue weighted by atomic mass is 10.3. The molecule has 1 aromatic rings. The van der Waals surface area contributed by atoms with Crippen LogP contribution in [0.5, 0.6) is 11.5 Å². The van der Waals surface area contributed by atoms with E-state index in [1.54, 1.807) is 21.1 Å². The highest BCUT2D eigenvalue weighted by Gasteiger charge is 2.07. The summed E-state index contributed by atoms with van der Waals surface area (Å²) < 4.78 is 36.2. The molecule has 0 spiro atoms. The maximum absolute atomic E-state index is 11.3. The molecule has 1 unspecified atom stereocenters. The van der Waals surface area contributed by atoms with Crippen LogP contribution in [0.2, 0.25) is 0 Å². The van der Waals surface area contributed by atoms with Gasteiger partial charge in [-0.25, -0.2) is 13.1 Å². The van der Waals surface area contributed by atoms with Gasteiger partial charge in [-0.1, -0.05) is 6.07 Å². The third kappa shape index (κ3) is 8.91. The Morgan fingerprint density at radius 2 is 1.96 bits per heavy atom. The first kappa shape index (κ1) is 22.0. The van der Waals surface area contributed by atoms with Crippen LogP contribution in [0.15, 0.2) is 29.3 Å². The van der Waals surface area contributed by atoms with Gasteiger partial charge in [-0.15, -0.1) is 0 Å². The first-order valence-corrected chi connectivity index (χ1v) is 10.3. The van der Waals surface area contributed by atoms with Gasteiger partial charge < -0.3 is 20.1 Å². The summed E-state index contributed by atoms with van der Waals surface area (Å²) in [7, 11) is 0.170. The average molecular weight is 387 g/mol. The Morgan fingerprint density at radius 3 is 2.62 bits per heavy atom. The van der Waals surface area contributed by atoms with Gasteiger partial charge in [0.05, 0.1) is 19.4 Å². The Bertz CT molecular complexity index is 664. The molecule has 0 aromatic heterocycles. The van der Waals surface area contributed by atoms with E-state index >= 15 is 0 Å². The van der Waals surface area contributed by atoms with Crippen LogP contribution < -0.4 is 24.8 Å². The van der Waals surface area contributed by atoms with E-state index in [0.29, 0.717) is 32.0 Å². The fourth-order valence-corrected chi connectivity index (χ4v) is 2.69. The first-order chi connectivity index (χ1) is 12.4. The van der Waals surface area contributed by atoms with E-state index in [1.165, 1.54) is 0 Å². The van der Waals surface area contributed by atoms with Crippen molar-refractivity contribution in [2.45, 2.75) is 26.4 Å². The van der Waals surface area contributed by atoms with Crippen molar-refractivity contribution >= 4 is 16.0 Å². The minimum Gasteiger partial charge on any atom is -0.497 e. The highest BCUT2D eigenvalue weighted by molar-refractivity contribution is 7.89. The van der Waals surface area contributed by atoms with Crippen molar-refractivity contribution < 1.29 is 17.9 Å². The van der Waals surface area contributed by atoms with Gasteiger partial charge >= 0.3 is 0 Å². The summed E-state index contributed by atoms with van der Waals surface area (Å²) in [6.07, 6.45) is 0.590. The highest BCUT2D eigenvalue weighted by Crippen LogP contribution is 2.19. The molecule has 0 amide bonds. The van der Waals surface area contributed by atoms with E-state index in [-0.39, 0.29) is 11.9 Å². The lowest BCUT2D eigenvalue weighted by Gasteiger charge is -2.18. The molecule has 9 heteroatoms. The molecule has 8 nitrogen and oxygen atoms in total. The van der Waals surface area contributed by atoms with Gasteiger partial charge in [-0.05, 0) is 32.4 Å². The van der Waals surface area contributed by atoms with E-state index < -0.39 is 10.0 Å². The summed E-state index contributed by atoms with van der Waals surface area (Å²) >= 11 is 0. The number of hydrogen-bond donors (Lipinski definition) is 3. The van der Waals surface area contributed by atoms with Crippen LogP contribution in [0.3, 0.4) is 0 Å². The average Bonchev–Trinajstić information content (AvgIpc) is 2.64. The van der Waals surface area contributed by atoms with Crippen molar-refractivity contribution in [2.24, 2.45) is 4.99 Å². The molecule has 148 valence electrons. The largest absolute Gasteiger partial charge is 0.497 e. The Kier molecular flexibility index (Phi) is 9.82. The third-order valence-corrected chi connectivity index (χ3v) is 4.91. The number of hydrogen-bond acceptors (Lipinski definition) is 5. The molecule has 0 aliphatic rings. The van der Waals surface area contributed by atoms with Crippen molar-refractivity contribution in [3.05, 3.63) is 24.3 Å². The Balaban J connectivity index is 2.28. The molecule has 0 fully saturated rings. The molecule has 0 bridgehead atoms.